The molecule has 0 radical (unpaired) electrons. The van der Waals surface area contributed by atoms with Crippen LogP contribution in [0.2, 0.25) is 10.0 Å². The highest BCUT2D eigenvalue weighted by atomic mass is 35.5. The summed E-state index contributed by atoms with van der Waals surface area (Å²) in [6.07, 6.45) is 0. The van der Waals surface area contributed by atoms with Crippen molar-refractivity contribution in [2.24, 2.45) is 0 Å². The molecule has 0 spiro atoms. The van der Waals surface area contributed by atoms with Gasteiger partial charge in [-0.05, 0) is 38.1 Å². The fourth-order valence-corrected chi connectivity index (χ4v) is 3.07. The van der Waals surface area contributed by atoms with Crippen LogP contribution < -0.4 is 9.47 Å². The van der Waals surface area contributed by atoms with Gasteiger partial charge in [0, 0.05) is 11.1 Å². The number of phenolic OH excluding ortho intramolecular Hbond substituents is 1. The summed E-state index contributed by atoms with van der Waals surface area (Å²) in [6, 6.07) is 10.2. The molecule has 1 heterocycles. The first-order valence-corrected chi connectivity index (χ1v) is 8.64. The Balaban J connectivity index is 2.21. The van der Waals surface area contributed by atoms with Crippen LogP contribution in [0.3, 0.4) is 0 Å². The predicted molar refractivity (Wildman–Crippen MR) is 100 cm³/mol. The first kappa shape index (κ1) is 17.6. The van der Waals surface area contributed by atoms with Crippen molar-refractivity contribution in [3.8, 4) is 28.6 Å². The molecule has 3 aromatic rings. The minimum absolute atomic E-state index is 0.0706. The van der Waals surface area contributed by atoms with Crippen molar-refractivity contribution in [1.29, 1.82) is 0 Å². The highest BCUT2D eigenvalue weighted by molar-refractivity contribution is 6.38. The molecule has 4 nitrogen and oxygen atoms in total. The molecule has 0 saturated carbocycles. The molecule has 0 aliphatic rings. The molecule has 3 rings (SSSR count). The number of hydrogen-bond acceptors (Lipinski definition) is 3. The second-order valence-electron chi connectivity index (χ2n) is 5.29. The van der Waals surface area contributed by atoms with Gasteiger partial charge in [-0.25, -0.2) is 4.42 Å². The van der Waals surface area contributed by atoms with Gasteiger partial charge in [0.2, 0.25) is 0 Å². The van der Waals surface area contributed by atoms with Gasteiger partial charge < -0.3 is 14.6 Å². The Morgan fingerprint density at radius 1 is 0.960 bits per heavy atom. The molecule has 6 heteroatoms. The molecule has 2 aromatic carbocycles. The van der Waals surface area contributed by atoms with E-state index in [0.29, 0.717) is 51.5 Å². The maximum absolute atomic E-state index is 9.88. The number of fused-ring (bicyclic) bond motifs is 1. The van der Waals surface area contributed by atoms with Crippen LogP contribution in [0, 0.1) is 0 Å². The fourth-order valence-electron chi connectivity index (χ4n) is 2.54. The van der Waals surface area contributed by atoms with E-state index < -0.39 is 0 Å². The quantitative estimate of drug-likeness (QED) is 0.536. The summed E-state index contributed by atoms with van der Waals surface area (Å²) < 4.78 is 17.2. The Labute approximate surface area is 155 Å². The van der Waals surface area contributed by atoms with Gasteiger partial charge in [0.05, 0.1) is 24.8 Å². The Bertz CT molecular complexity index is 925. The summed E-state index contributed by atoms with van der Waals surface area (Å²) in [5.74, 6) is 1.62. The number of ether oxygens (including phenoxy) is 2. The predicted octanol–water partition coefficient (Wildman–Crippen LogP) is 6.19. The van der Waals surface area contributed by atoms with E-state index in [2.05, 4.69) is 0 Å². The molecule has 25 heavy (non-hydrogen) atoms. The van der Waals surface area contributed by atoms with Crippen molar-refractivity contribution < 1.29 is 19.0 Å². The molecule has 0 aliphatic heterocycles. The smallest absolute Gasteiger partial charge is 0.383 e. The van der Waals surface area contributed by atoms with Crippen LogP contribution in [0.15, 0.2) is 40.8 Å². The minimum Gasteiger partial charge on any atom is -0.504 e. The molecule has 0 saturated heterocycles. The summed E-state index contributed by atoms with van der Waals surface area (Å²) in [6.45, 7) is 4.68. The van der Waals surface area contributed by atoms with E-state index in [-0.39, 0.29) is 5.75 Å². The first-order chi connectivity index (χ1) is 12.0. The van der Waals surface area contributed by atoms with Gasteiger partial charge in [0.25, 0.3) is 0 Å². The van der Waals surface area contributed by atoms with Crippen molar-refractivity contribution in [3.63, 3.8) is 0 Å². The van der Waals surface area contributed by atoms with Crippen LogP contribution in [0.4, 0.5) is 0 Å². The topological polar surface area (TPSA) is 50.0 Å². The average molecular weight is 380 g/mol. The fraction of sp³-hybridized carbons (Fsp3) is 0.211. The first-order valence-electron chi connectivity index (χ1n) is 7.88. The summed E-state index contributed by atoms with van der Waals surface area (Å²) in [7, 11) is 0. The third-order valence-electron chi connectivity index (χ3n) is 3.59. The van der Waals surface area contributed by atoms with Gasteiger partial charge in [0.1, 0.15) is 16.2 Å². The summed E-state index contributed by atoms with van der Waals surface area (Å²) in [5, 5.41) is 11.5. The average Bonchev–Trinajstić information content (AvgIpc) is 2.58. The zero-order valence-corrected chi connectivity index (χ0v) is 15.3. The van der Waals surface area contributed by atoms with E-state index in [1.54, 1.807) is 36.4 Å². The number of rotatable bonds is 5. The number of phenols is 1. The van der Waals surface area contributed by atoms with E-state index in [1.165, 1.54) is 0 Å². The van der Waals surface area contributed by atoms with E-state index in [4.69, 9.17) is 37.1 Å². The zero-order chi connectivity index (χ0) is 18.0. The molecule has 1 aromatic heterocycles. The molecule has 0 unspecified atom stereocenters. The number of hydrogen-bond donors (Lipinski definition) is 1. The van der Waals surface area contributed by atoms with Crippen LogP contribution >= 0.6 is 23.2 Å². The lowest BCUT2D eigenvalue weighted by Crippen LogP contribution is -1.95. The number of benzene rings is 2. The Hall–Kier alpha value is -2.17. The normalized spacial score (nSPS) is 10.9. The third kappa shape index (κ3) is 3.60. The van der Waals surface area contributed by atoms with Crippen molar-refractivity contribution in [3.05, 3.63) is 46.4 Å². The van der Waals surface area contributed by atoms with Gasteiger partial charge in [-0.3, -0.25) is 0 Å². The monoisotopic (exact) mass is 379 g/mol. The number of aromatic hydroxyl groups is 1. The third-order valence-corrected chi connectivity index (χ3v) is 4.09. The minimum atomic E-state index is 0.0706. The van der Waals surface area contributed by atoms with E-state index in [0.717, 1.165) is 5.56 Å². The number of halogens is 2. The lowest BCUT2D eigenvalue weighted by molar-refractivity contribution is 0.318. The van der Waals surface area contributed by atoms with E-state index in [1.807, 2.05) is 13.8 Å². The molecule has 0 fully saturated rings. The van der Waals surface area contributed by atoms with Crippen molar-refractivity contribution >= 4 is 34.2 Å². The molecule has 0 aliphatic carbocycles. The highest BCUT2D eigenvalue weighted by Crippen LogP contribution is 2.39. The zero-order valence-electron chi connectivity index (χ0n) is 13.8. The van der Waals surface area contributed by atoms with Gasteiger partial charge in [0.15, 0.2) is 11.5 Å². The molecule has 1 N–H and O–H groups in total. The van der Waals surface area contributed by atoms with Gasteiger partial charge >= 0.3 is 11.3 Å². The summed E-state index contributed by atoms with van der Waals surface area (Å²) in [5.41, 5.74) is 1.22. The summed E-state index contributed by atoms with van der Waals surface area (Å²) >= 11 is 12.4. The molecule has 0 amide bonds. The Morgan fingerprint density at radius 3 is 2.40 bits per heavy atom. The molecule has 0 bridgehead atoms. The van der Waals surface area contributed by atoms with Crippen LogP contribution in [-0.4, -0.2) is 18.3 Å². The lowest BCUT2D eigenvalue weighted by Gasteiger charge is -2.07. The molecule has 130 valence electrons. The van der Waals surface area contributed by atoms with Crippen molar-refractivity contribution in [2.75, 3.05) is 13.2 Å². The van der Waals surface area contributed by atoms with E-state index in [9.17, 15) is 5.11 Å². The Morgan fingerprint density at radius 2 is 1.68 bits per heavy atom. The van der Waals surface area contributed by atoms with Crippen LogP contribution in [0.25, 0.3) is 22.3 Å². The second kappa shape index (κ2) is 7.38. The van der Waals surface area contributed by atoms with Crippen molar-refractivity contribution in [1.82, 2.24) is 0 Å². The van der Waals surface area contributed by atoms with Crippen LogP contribution in [-0.2, 0) is 0 Å². The van der Waals surface area contributed by atoms with Gasteiger partial charge in [-0.1, -0.05) is 23.2 Å². The molecule has 0 atom stereocenters. The highest BCUT2D eigenvalue weighted by Gasteiger charge is 2.24. The van der Waals surface area contributed by atoms with Crippen molar-refractivity contribution in [2.45, 2.75) is 13.8 Å². The molecular weight excluding hydrogens is 363 g/mol. The SMILES string of the molecule is CCOc1cc(-c2cc(OCC)c3cc(Cl)cc(Cl)c3[o+]2)ccc1O. The molecular formula is C19H17Cl2O4+. The maximum Gasteiger partial charge on any atom is 0.383 e. The maximum atomic E-state index is 9.88. The van der Waals surface area contributed by atoms with Crippen LogP contribution in [0.1, 0.15) is 13.8 Å². The summed E-state index contributed by atoms with van der Waals surface area (Å²) in [4.78, 5) is 0. The second-order valence-corrected chi connectivity index (χ2v) is 6.13. The Kier molecular flexibility index (Phi) is 5.21. The van der Waals surface area contributed by atoms with Crippen LogP contribution in [0.5, 0.6) is 17.2 Å². The van der Waals surface area contributed by atoms with Gasteiger partial charge in [-0.2, -0.15) is 0 Å². The largest absolute Gasteiger partial charge is 0.504 e. The van der Waals surface area contributed by atoms with E-state index >= 15 is 0 Å². The standard InChI is InChI=1S/C19H16Cl2O4/c1-3-23-17-10-16(11-5-6-15(22)18(7-11)24-4-2)25-19-13(17)8-12(20)9-14(19)21/h5-10H,3-4H2,1-2H3/p+1. The lowest BCUT2D eigenvalue weighted by atomic mass is 10.1. The van der Waals surface area contributed by atoms with Gasteiger partial charge in [-0.15, -0.1) is 0 Å².